The second kappa shape index (κ2) is 10.4. The molecule has 180 valence electrons. The van der Waals surface area contributed by atoms with Gasteiger partial charge in [-0.3, -0.25) is 0 Å². The zero-order valence-corrected chi connectivity index (χ0v) is 20.2. The Hall–Kier alpha value is -3.21. The second-order valence-electron chi connectivity index (χ2n) is 7.85. The van der Waals surface area contributed by atoms with Crippen LogP contribution in [0.5, 0.6) is 5.88 Å². The minimum Gasteiger partial charge on any atom is -0.478 e. The molecule has 2 aromatic carbocycles. The lowest BCUT2D eigenvalue weighted by Crippen LogP contribution is -2.21. The van der Waals surface area contributed by atoms with Gasteiger partial charge in [0.05, 0.1) is 16.2 Å². The van der Waals surface area contributed by atoms with E-state index in [9.17, 15) is 18.3 Å². The summed E-state index contributed by atoms with van der Waals surface area (Å²) in [4.78, 5) is 19.8. The van der Waals surface area contributed by atoms with Gasteiger partial charge in [0.25, 0.3) is 10.0 Å². The van der Waals surface area contributed by atoms with Crippen molar-refractivity contribution in [3.05, 3.63) is 65.2 Å². The van der Waals surface area contributed by atoms with Gasteiger partial charge in [-0.1, -0.05) is 24.3 Å². The van der Waals surface area contributed by atoms with Crippen molar-refractivity contribution in [3.8, 4) is 17.1 Å². The topological polar surface area (TPSA) is 131 Å². The smallest absolute Gasteiger partial charge is 0.335 e. The fourth-order valence-corrected chi connectivity index (χ4v) is 4.74. The molecular formula is C23H25ClN4O5S. The number of aryl methyl sites for hydroxylation is 2. The van der Waals surface area contributed by atoms with Gasteiger partial charge in [-0.15, -0.1) is 12.4 Å². The van der Waals surface area contributed by atoms with Crippen molar-refractivity contribution >= 4 is 34.3 Å². The number of benzene rings is 2. The Morgan fingerprint density at radius 3 is 2.47 bits per heavy atom. The number of nitrogens with zero attached hydrogens (tertiary/aromatic N) is 2. The van der Waals surface area contributed by atoms with Crippen molar-refractivity contribution in [1.29, 1.82) is 0 Å². The molecule has 0 radical (unpaired) electrons. The lowest BCUT2D eigenvalue weighted by Gasteiger charge is -2.16. The molecule has 0 amide bonds. The van der Waals surface area contributed by atoms with Crippen molar-refractivity contribution in [2.45, 2.75) is 31.3 Å². The summed E-state index contributed by atoms with van der Waals surface area (Å²) in [6, 6.07) is 12.6. The van der Waals surface area contributed by atoms with Crippen LogP contribution in [0.15, 0.2) is 53.4 Å². The maximum absolute atomic E-state index is 13.0. The molecule has 1 atom stereocenters. The third kappa shape index (κ3) is 5.64. The molecule has 1 aliphatic rings. The number of hydrogen-bond donors (Lipinski definition) is 3. The Balaban J connectivity index is 0.00000324. The Morgan fingerprint density at radius 1 is 1.12 bits per heavy atom. The van der Waals surface area contributed by atoms with Crippen LogP contribution in [0.4, 0.5) is 5.95 Å². The maximum Gasteiger partial charge on any atom is 0.335 e. The molecule has 0 saturated carbocycles. The first-order valence-electron chi connectivity index (χ1n) is 10.4. The third-order valence-corrected chi connectivity index (χ3v) is 6.69. The third-order valence-electron chi connectivity index (χ3n) is 5.36. The number of carbonyl (C=O) groups is 1. The van der Waals surface area contributed by atoms with Crippen molar-refractivity contribution in [3.63, 3.8) is 0 Å². The van der Waals surface area contributed by atoms with Crippen molar-refractivity contribution < 1.29 is 23.1 Å². The van der Waals surface area contributed by atoms with E-state index in [0.29, 0.717) is 12.2 Å². The van der Waals surface area contributed by atoms with Crippen LogP contribution in [-0.4, -0.2) is 48.7 Å². The Morgan fingerprint density at radius 2 is 1.82 bits per heavy atom. The lowest BCUT2D eigenvalue weighted by molar-refractivity contribution is 0.0696. The van der Waals surface area contributed by atoms with E-state index < -0.39 is 16.0 Å². The van der Waals surface area contributed by atoms with Crippen LogP contribution in [-0.2, 0) is 10.0 Å². The predicted octanol–water partition coefficient (Wildman–Crippen LogP) is 3.42. The summed E-state index contributed by atoms with van der Waals surface area (Å²) in [5, 5.41) is 12.4. The van der Waals surface area contributed by atoms with E-state index in [0.717, 1.165) is 35.7 Å². The Labute approximate surface area is 204 Å². The van der Waals surface area contributed by atoms with Crippen LogP contribution in [0.25, 0.3) is 11.3 Å². The molecule has 34 heavy (non-hydrogen) atoms. The minimum absolute atomic E-state index is 0. The van der Waals surface area contributed by atoms with Crippen LogP contribution in [0.1, 0.15) is 27.9 Å². The van der Waals surface area contributed by atoms with E-state index in [1.807, 2.05) is 32.0 Å². The van der Waals surface area contributed by atoms with Crippen molar-refractivity contribution in [2.24, 2.45) is 0 Å². The van der Waals surface area contributed by atoms with Gasteiger partial charge in [-0.25, -0.2) is 22.9 Å². The molecule has 9 nitrogen and oxygen atoms in total. The van der Waals surface area contributed by atoms with Crippen LogP contribution in [0.2, 0.25) is 0 Å². The number of aromatic carboxylic acids is 1. The average molecular weight is 505 g/mol. The molecule has 4 rings (SSSR count). The standard InChI is InChI=1S/C23H24N4O5S.ClH/c1-14-5-3-6-15(2)21(14)19-12-20(32-17-9-10-24-13-17)26-23(25-19)27-33(30,31)18-8-4-7-16(11-18)22(28)29;/h3-8,11-12,17,24H,9-10,13H2,1-2H3,(H,28,29)(H,25,26,27);1H/t17-;/m0./s1. The first-order valence-corrected chi connectivity index (χ1v) is 11.9. The number of rotatable bonds is 7. The highest BCUT2D eigenvalue weighted by atomic mass is 35.5. The summed E-state index contributed by atoms with van der Waals surface area (Å²) in [6.45, 7) is 5.41. The van der Waals surface area contributed by atoms with Gasteiger partial charge in [-0.05, 0) is 56.1 Å². The summed E-state index contributed by atoms with van der Waals surface area (Å²) in [7, 11) is -4.14. The number of ether oxygens (including phenoxy) is 1. The van der Waals surface area contributed by atoms with E-state index >= 15 is 0 Å². The van der Waals surface area contributed by atoms with Gasteiger partial charge in [0.15, 0.2) is 0 Å². The number of hydrogen-bond acceptors (Lipinski definition) is 7. The highest BCUT2D eigenvalue weighted by molar-refractivity contribution is 7.92. The largest absolute Gasteiger partial charge is 0.478 e. The SMILES string of the molecule is Cc1cccc(C)c1-c1cc(O[C@H]2CCNC2)nc(NS(=O)(=O)c2cccc(C(=O)O)c2)n1.Cl. The monoisotopic (exact) mass is 504 g/mol. The number of carboxylic acids is 1. The van der Waals surface area contributed by atoms with Crippen molar-refractivity contribution in [2.75, 3.05) is 17.8 Å². The lowest BCUT2D eigenvalue weighted by atomic mass is 10.00. The van der Waals surface area contributed by atoms with E-state index in [-0.39, 0.29) is 40.8 Å². The number of anilines is 1. The normalized spacial score (nSPS) is 15.4. The van der Waals surface area contributed by atoms with E-state index in [1.165, 1.54) is 18.2 Å². The Kier molecular flexibility index (Phi) is 7.75. The van der Waals surface area contributed by atoms with Gasteiger partial charge >= 0.3 is 5.97 Å². The summed E-state index contributed by atoms with van der Waals surface area (Å²) < 4.78 is 34.3. The quantitative estimate of drug-likeness (QED) is 0.446. The molecule has 0 unspecified atom stereocenters. The molecule has 3 N–H and O–H groups in total. The van der Waals surface area contributed by atoms with Crippen molar-refractivity contribution in [1.82, 2.24) is 15.3 Å². The second-order valence-corrected chi connectivity index (χ2v) is 9.54. The zero-order chi connectivity index (χ0) is 23.6. The van der Waals surface area contributed by atoms with E-state index in [1.54, 1.807) is 6.07 Å². The van der Waals surface area contributed by atoms with Crippen LogP contribution >= 0.6 is 12.4 Å². The molecular weight excluding hydrogens is 480 g/mol. The fourth-order valence-electron chi connectivity index (χ4n) is 3.75. The van der Waals surface area contributed by atoms with E-state index in [4.69, 9.17) is 4.74 Å². The molecule has 11 heteroatoms. The number of halogens is 1. The average Bonchev–Trinajstić information content (AvgIpc) is 3.26. The molecule has 0 spiro atoms. The fraction of sp³-hybridized carbons (Fsp3) is 0.261. The predicted molar refractivity (Wildman–Crippen MR) is 130 cm³/mol. The van der Waals surface area contributed by atoms with Gasteiger partial charge < -0.3 is 15.2 Å². The molecule has 1 aliphatic heterocycles. The van der Waals surface area contributed by atoms with Gasteiger partial charge in [0.1, 0.15) is 6.10 Å². The zero-order valence-electron chi connectivity index (χ0n) is 18.6. The number of carboxylic acid groups (broad SMARTS) is 1. The molecule has 1 aromatic heterocycles. The molecule has 2 heterocycles. The summed E-state index contributed by atoms with van der Waals surface area (Å²) >= 11 is 0. The maximum atomic E-state index is 13.0. The number of nitrogens with one attached hydrogen (secondary N) is 2. The van der Waals surface area contributed by atoms with Crippen LogP contribution in [0, 0.1) is 13.8 Å². The molecule has 0 aliphatic carbocycles. The molecule has 1 saturated heterocycles. The minimum atomic E-state index is -4.14. The summed E-state index contributed by atoms with van der Waals surface area (Å²) in [5.74, 6) is -1.12. The van der Waals surface area contributed by atoms with Gasteiger partial charge in [0, 0.05) is 18.2 Å². The summed E-state index contributed by atoms with van der Waals surface area (Å²) in [5.41, 5.74) is 3.21. The summed E-state index contributed by atoms with van der Waals surface area (Å²) in [6.07, 6.45) is 0.730. The highest BCUT2D eigenvalue weighted by Crippen LogP contribution is 2.30. The highest BCUT2D eigenvalue weighted by Gasteiger charge is 2.22. The number of aromatic nitrogens is 2. The van der Waals surface area contributed by atoms with E-state index in [2.05, 4.69) is 20.0 Å². The number of sulfonamides is 1. The van der Waals surface area contributed by atoms with Crippen LogP contribution in [0.3, 0.4) is 0 Å². The molecule has 0 bridgehead atoms. The van der Waals surface area contributed by atoms with Gasteiger partial charge in [-0.2, -0.15) is 4.98 Å². The Bertz CT molecular complexity index is 1290. The molecule has 3 aromatic rings. The first kappa shape index (κ1) is 25.4. The van der Waals surface area contributed by atoms with Crippen LogP contribution < -0.4 is 14.8 Å². The first-order chi connectivity index (χ1) is 15.7. The van der Waals surface area contributed by atoms with Gasteiger partial charge in [0.2, 0.25) is 11.8 Å². The molecule has 1 fully saturated rings.